The molecule has 1 amide bonds. The lowest BCUT2D eigenvalue weighted by atomic mass is 10.0. The van der Waals surface area contributed by atoms with E-state index in [1.807, 2.05) is 12.3 Å². The second kappa shape index (κ2) is 7.54. The third kappa shape index (κ3) is 3.44. The predicted octanol–water partition coefficient (Wildman–Crippen LogP) is 2.56. The molecule has 8 nitrogen and oxygen atoms in total. The van der Waals surface area contributed by atoms with Crippen molar-refractivity contribution in [3.8, 4) is 0 Å². The second-order valence-corrected chi connectivity index (χ2v) is 8.13. The van der Waals surface area contributed by atoms with Crippen LogP contribution in [-0.4, -0.2) is 36.8 Å². The van der Waals surface area contributed by atoms with Crippen molar-refractivity contribution < 1.29 is 4.79 Å². The molecule has 2 atom stereocenters. The van der Waals surface area contributed by atoms with E-state index in [-0.39, 0.29) is 11.9 Å². The number of carbonyl (C=O) groups is 1. The molecule has 30 heavy (non-hydrogen) atoms. The van der Waals surface area contributed by atoms with Crippen LogP contribution in [-0.2, 0) is 7.05 Å². The number of nitrogens with one attached hydrogen (secondary N) is 1. The van der Waals surface area contributed by atoms with Gasteiger partial charge in [0.05, 0.1) is 12.2 Å². The Morgan fingerprint density at radius 2 is 2.13 bits per heavy atom. The maximum atomic E-state index is 12.5. The number of aromatic nitrogens is 5. The zero-order chi connectivity index (χ0) is 20.7. The molecule has 0 aliphatic carbocycles. The summed E-state index contributed by atoms with van der Waals surface area (Å²) in [5, 5.41) is 12.5. The Kier molecular flexibility index (Phi) is 4.71. The molecule has 4 aromatic rings. The fraction of sp³-hybridized carbons (Fsp3) is 0.238. The number of fused-ring (bicyclic) bond motifs is 1. The van der Waals surface area contributed by atoms with Crippen LogP contribution in [0.3, 0.4) is 0 Å². The van der Waals surface area contributed by atoms with Gasteiger partial charge in [-0.1, -0.05) is 18.2 Å². The van der Waals surface area contributed by atoms with Gasteiger partial charge >= 0.3 is 0 Å². The summed E-state index contributed by atoms with van der Waals surface area (Å²) >= 11 is 0. The zero-order valence-corrected chi connectivity index (χ0v) is 17.7. The van der Waals surface area contributed by atoms with Crippen molar-refractivity contribution in [3.63, 3.8) is 0 Å². The Bertz CT molecular complexity index is 1230. The first-order valence-corrected chi connectivity index (χ1v) is 10.4. The van der Waals surface area contributed by atoms with Gasteiger partial charge in [0.2, 0.25) is 0 Å². The number of amides is 1. The number of rotatable bonds is 4. The van der Waals surface area contributed by atoms with Gasteiger partial charge in [0, 0.05) is 26.0 Å². The molecular weight excluding hydrogens is 397 g/mol. The summed E-state index contributed by atoms with van der Waals surface area (Å²) < 4.78 is 3.27. The van der Waals surface area contributed by atoms with E-state index in [0.29, 0.717) is 17.0 Å². The molecule has 4 heterocycles. The molecule has 1 aliphatic rings. The van der Waals surface area contributed by atoms with Crippen molar-refractivity contribution >= 4 is 37.6 Å². The minimum absolute atomic E-state index is 0.283. The summed E-state index contributed by atoms with van der Waals surface area (Å²) in [6.07, 6.45) is 7.44. The number of hydrogen-bond acceptors (Lipinski definition) is 5. The van der Waals surface area contributed by atoms with Gasteiger partial charge in [-0.15, -0.1) is 9.24 Å². The number of carbonyl (C=O) groups excluding carboxylic acids is 1. The first-order valence-electron chi connectivity index (χ1n) is 9.86. The SMILES string of the molecule is Cn1ccc(C(=O)Nc2cnn3ccc(N4CCCC4c4cccc(P)c4)nc23)n1. The van der Waals surface area contributed by atoms with Crippen molar-refractivity contribution in [2.45, 2.75) is 18.9 Å². The van der Waals surface area contributed by atoms with Crippen LogP contribution in [0.1, 0.15) is 34.9 Å². The molecule has 3 aromatic heterocycles. The topological polar surface area (TPSA) is 80.4 Å². The van der Waals surface area contributed by atoms with Gasteiger partial charge in [-0.05, 0) is 41.9 Å². The molecule has 1 saturated heterocycles. The van der Waals surface area contributed by atoms with E-state index in [0.717, 1.165) is 25.2 Å². The molecule has 0 saturated carbocycles. The van der Waals surface area contributed by atoms with Gasteiger partial charge in [0.15, 0.2) is 11.3 Å². The molecule has 1 aliphatic heterocycles. The monoisotopic (exact) mass is 419 g/mol. The molecule has 0 radical (unpaired) electrons. The number of benzene rings is 1. The Balaban J connectivity index is 1.46. The minimum Gasteiger partial charge on any atom is -0.349 e. The van der Waals surface area contributed by atoms with Gasteiger partial charge in [-0.25, -0.2) is 9.50 Å². The molecule has 9 heteroatoms. The molecular formula is C21H22N7OP. The first-order chi connectivity index (χ1) is 14.6. The fourth-order valence-electron chi connectivity index (χ4n) is 3.98. The summed E-state index contributed by atoms with van der Waals surface area (Å²) in [6.45, 7) is 0.943. The van der Waals surface area contributed by atoms with Gasteiger partial charge in [0.25, 0.3) is 5.91 Å². The van der Waals surface area contributed by atoms with Crippen LogP contribution in [0.25, 0.3) is 5.65 Å². The van der Waals surface area contributed by atoms with Crippen LogP contribution in [0, 0.1) is 0 Å². The van der Waals surface area contributed by atoms with E-state index in [4.69, 9.17) is 4.98 Å². The number of hydrogen-bond donors (Lipinski definition) is 1. The van der Waals surface area contributed by atoms with Crippen molar-refractivity contribution in [3.05, 3.63) is 66.2 Å². The highest BCUT2D eigenvalue weighted by molar-refractivity contribution is 7.27. The Morgan fingerprint density at radius 1 is 1.23 bits per heavy atom. The fourth-order valence-corrected chi connectivity index (χ4v) is 4.29. The van der Waals surface area contributed by atoms with Crippen molar-refractivity contribution in [2.75, 3.05) is 16.8 Å². The van der Waals surface area contributed by atoms with Gasteiger partial charge in [-0.2, -0.15) is 10.2 Å². The summed E-state index contributed by atoms with van der Waals surface area (Å²) in [4.78, 5) is 19.7. The highest BCUT2D eigenvalue weighted by Gasteiger charge is 2.27. The summed E-state index contributed by atoms with van der Waals surface area (Å²) in [6, 6.07) is 12.5. The molecule has 1 N–H and O–H groups in total. The summed E-state index contributed by atoms with van der Waals surface area (Å²) in [5.41, 5.74) is 2.82. The highest BCUT2D eigenvalue weighted by atomic mass is 31.0. The van der Waals surface area contributed by atoms with Gasteiger partial charge < -0.3 is 10.2 Å². The number of nitrogens with zero attached hydrogens (tertiary/aromatic N) is 6. The lowest BCUT2D eigenvalue weighted by molar-refractivity contribution is 0.102. The highest BCUT2D eigenvalue weighted by Crippen LogP contribution is 2.35. The molecule has 0 bridgehead atoms. The van der Waals surface area contributed by atoms with Crippen LogP contribution in [0.2, 0.25) is 0 Å². The van der Waals surface area contributed by atoms with Crippen molar-refractivity contribution in [2.24, 2.45) is 7.05 Å². The molecule has 152 valence electrons. The largest absolute Gasteiger partial charge is 0.349 e. The Morgan fingerprint density at radius 3 is 2.93 bits per heavy atom. The molecule has 1 fully saturated rings. The maximum Gasteiger partial charge on any atom is 0.276 e. The quantitative estimate of drug-likeness (QED) is 0.515. The van der Waals surface area contributed by atoms with E-state index in [1.165, 1.54) is 10.9 Å². The minimum atomic E-state index is -0.283. The van der Waals surface area contributed by atoms with E-state index in [1.54, 1.807) is 34.7 Å². The molecule has 1 aromatic carbocycles. The van der Waals surface area contributed by atoms with Gasteiger partial charge in [-0.3, -0.25) is 9.48 Å². The smallest absolute Gasteiger partial charge is 0.276 e. The van der Waals surface area contributed by atoms with Crippen molar-refractivity contribution in [1.82, 2.24) is 24.4 Å². The number of anilines is 2. The van der Waals surface area contributed by atoms with Crippen LogP contribution >= 0.6 is 9.24 Å². The van der Waals surface area contributed by atoms with Crippen LogP contribution < -0.4 is 15.5 Å². The average molecular weight is 419 g/mol. The Labute approximate surface area is 176 Å². The standard InChI is InChI=1S/C21H22N7OP/c1-26-10-7-16(25-26)21(29)23-17-13-22-28-11-8-19(24-20(17)28)27-9-3-6-18(27)14-4-2-5-15(30)12-14/h2,4-5,7-8,10-13,18H,3,6,9,30H2,1H3,(H,23,29). The lowest BCUT2D eigenvalue weighted by Gasteiger charge is -2.26. The molecule has 5 rings (SSSR count). The first kappa shape index (κ1) is 18.8. The van der Waals surface area contributed by atoms with E-state index in [2.05, 4.69) is 53.9 Å². The van der Waals surface area contributed by atoms with Crippen molar-refractivity contribution in [1.29, 1.82) is 0 Å². The average Bonchev–Trinajstić information content (AvgIpc) is 3.47. The van der Waals surface area contributed by atoms with E-state index in [9.17, 15) is 4.79 Å². The normalized spacial score (nSPS) is 16.3. The molecule has 2 unspecified atom stereocenters. The predicted molar refractivity (Wildman–Crippen MR) is 119 cm³/mol. The second-order valence-electron chi connectivity index (χ2n) is 7.46. The Hall–Kier alpha value is -3.25. The van der Waals surface area contributed by atoms with Gasteiger partial charge in [0.1, 0.15) is 11.5 Å². The third-order valence-electron chi connectivity index (χ3n) is 5.39. The molecule has 0 spiro atoms. The number of aryl methyl sites for hydroxylation is 1. The van der Waals surface area contributed by atoms with Crippen LogP contribution in [0.5, 0.6) is 0 Å². The third-order valence-corrected chi connectivity index (χ3v) is 5.75. The summed E-state index contributed by atoms with van der Waals surface area (Å²) in [5.74, 6) is 0.599. The van der Waals surface area contributed by atoms with E-state index < -0.39 is 0 Å². The lowest BCUT2D eigenvalue weighted by Crippen LogP contribution is -2.24. The zero-order valence-electron chi connectivity index (χ0n) is 16.6. The maximum absolute atomic E-state index is 12.5. The van der Waals surface area contributed by atoms with E-state index >= 15 is 0 Å². The van der Waals surface area contributed by atoms with Crippen LogP contribution in [0.4, 0.5) is 11.5 Å². The summed E-state index contributed by atoms with van der Waals surface area (Å²) in [7, 11) is 4.54. The van der Waals surface area contributed by atoms with Crippen LogP contribution in [0.15, 0.2) is 55.0 Å².